The maximum Gasteiger partial charge on any atom is 0.260 e. The monoisotopic (exact) mass is 444 g/mol. The molecule has 30 heavy (non-hydrogen) atoms. The Morgan fingerprint density at radius 1 is 1.07 bits per heavy atom. The Balaban J connectivity index is 1.23. The number of nitrogens with one attached hydrogen (secondary N) is 1. The molecule has 156 valence electrons. The molecule has 0 aliphatic carbocycles. The first-order valence-electron chi connectivity index (χ1n) is 9.56. The van der Waals surface area contributed by atoms with Gasteiger partial charge in [0, 0.05) is 37.7 Å². The highest BCUT2D eigenvalue weighted by Gasteiger charge is 2.21. The van der Waals surface area contributed by atoms with Crippen LogP contribution >= 0.6 is 23.8 Å². The summed E-state index contributed by atoms with van der Waals surface area (Å²) in [4.78, 5) is 16.7. The standard InChI is InChI=1S/C20H21ClN6O2S/c21-16-3-1-15(2-4-16)13-25-9-11-26(12-10-25)19(28)14-29-18-7-5-17(6-8-18)27-20(30)22-23-24-27/h1-8H,9-14H2,(H,22,24,30). The zero-order valence-corrected chi connectivity index (χ0v) is 17.8. The quantitative estimate of drug-likeness (QED) is 0.589. The van der Waals surface area contributed by atoms with Gasteiger partial charge in [0.25, 0.3) is 5.91 Å². The third-order valence-electron chi connectivity index (χ3n) is 4.97. The van der Waals surface area contributed by atoms with Crippen LogP contribution in [0, 0.1) is 4.77 Å². The van der Waals surface area contributed by atoms with E-state index in [1.54, 1.807) is 16.8 Å². The first kappa shape index (κ1) is 20.5. The minimum Gasteiger partial charge on any atom is -0.484 e. The van der Waals surface area contributed by atoms with E-state index >= 15 is 0 Å². The Labute approximate surface area is 184 Å². The summed E-state index contributed by atoms with van der Waals surface area (Å²) in [5, 5.41) is 10.8. The normalized spacial score (nSPS) is 14.6. The summed E-state index contributed by atoms with van der Waals surface area (Å²) in [7, 11) is 0. The maximum absolute atomic E-state index is 12.5. The molecule has 8 nitrogen and oxygen atoms in total. The number of amides is 1. The van der Waals surface area contributed by atoms with Gasteiger partial charge in [-0.3, -0.25) is 9.69 Å². The van der Waals surface area contributed by atoms with Crippen molar-refractivity contribution in [3.05, 3.63) is 63.9 Å². The minimum absolute atomic E-state index is 0.00907. The summed E-state index contributed by atoms with van der Waals surface area (Å²) in [6, 6.07) is 15.1. The first-order chi connectivity index (χ1) is 14.6. The molecule has 0 unspecified atom stereocenters. The van der Waals surface area contributed by atoms with Crippen LogP contribution in [0.3, 0.4) is 0 Å². The van der Waals surface area contributed by atoms with Crippen LogP contribution in [-0.4, -0.2) is 68.7 Å². The summed E-state index contributed by atoms with van der Waals surface area (Å²) in [5.74, 6) is 0.609. The van der Waals surface area contributed by atoms with Gasteiger partial charge in [0.05, 0.1) is 5.69 Å². The van der Waals surface area contributed by atoms with Gasteiger partial charge in [0.15, 0.2) is 6.61 Å². The lowest BCUT2D eigenvalue weighted by Crippen LogP contribution is -2.49. The fourth-order valence-corrected chi connectivity index (χ4v) is 3.61. The molecule has 3 aromatic rings. The van der Waals surface area contributed by atoms with Gasteiger partial charge in [0.2, 0.25) is 4.77 Å². The number of tetrazole rings is 1. The van der Waals surface area contributed by atoms with Gasteiger partial charge in [-0.15, -0.1) is 0 Å². The van der Waals surface area contributed by atoms with Gasteiger partial charge in [-0.25, -0.2) is 4.68 Å². The molecule has 10 heteroatoms. The van der Waals surface area contributed by atoms with Crippen molar-refractivity contribution in [3.63, 3.8) is 0 Å². The average molecular weight is 445 g/mol. The van der Waals surface area contributed by atoms with Gasteiger partial charge in [-0.2, -0.15) is 5.21 Å². The van der Waals surface area contributed by atoms with Crippen molar-refractivity contribution >= 4 is 29.7 Å². The molecule has 0 saturated carbocycles. The summed E-state index contributed by atoms with van der Waals surface area (Å²) < 4.78 is 7.58. The van der Waals surface area contributed by atoms with Crippen LogP contribution in [0.1, 0.15) is 5.56 Å². The smallest absolute Gasteiger partial charge is 0.260 e. The minimum atomic E-state index is -0.00907. The molecule has 0 atom stereocenters. The highest BCUT2D eigenvalue weighted by molar-refractivity contribution is 7.71. The number of aromatic amines is 1. The molecule has 1 aromatic heterocycles. The fraction of sp³-hybridized carbons (Fsp3) is 0.300. The van der Waals surface area contributed by atoms with Crippen molar-refractivity contribution in [3.8, 4) is 11.4 Å². The number of nitrogens with zero attached hydrogens (tertiary/aromatic N) is 5. The number of hydrogen-bond acceptors (Lipinski definition) is 6. The second-order valence-electron chi connectivity index (χ2n) is 6.98. The summed E-state index contributed by atoms with van der Waals surface area (Å²) in [5.41, 5.74) is 2.01. The van der Waals surface area contributed by atoms with E-state index < -0.39 is 0 Å². The Kier molecular flexibility index (Phi) is 6.41. The lowest BCUT2D eigenvalue weighted by molar-refractivity contribution is -0.135. The number of aromatic nitrogens is 4. The van der Waals surface area contributed by atoms with Crippen molar-refractivity contribution < 1.29 is 9.53 Å². The Morgan fingerprint density at radius 3 is 2.40 bits per heavy atom. The molecule has 0 spiro atoms. The van der Waals surface area contributed by atoms with Crippen LogP contribution < -0.4 is 4.74 Å². The Hall–Kier alpha value is -2.75. The van der Waals surface area contributed by atoms with Gasteiger partial charge in [-0.1, -0.05) is 34.0 Å². The van der Waals surface area contributed by atoms with Gasteiger partial charge >= 0.3 is 0 Å². The van der Waals surface area contributed by atoms with E-state index in [0.717, 1.165) is 30.3 Å². The second kappa shape index (κ2) is 9.38. The van der Waals surface area contributed by atoms with Crippen LogP contribution in [-0.2, 0) is 11.3 Å². The number of halogens is 1. The SMILES string of the molecule is O=C(COc1ccc(-n2[nH]nnc2=S)cc1)N1CCN(Cc2ccc(Cl)cc2)CC1. The lowest BCUT2D eigenvalue weighted by Gasteiger charge is -2.34. The van der Waals surface area contributed by atoms with Crippen molar-refractivity contribution in [1.29, 1.82) is 0 Å². The maximum atomic E-state index is 12.5. The van der Waals surface area contributed by atoms with Crippen molar-refractivity contribution in [2.75, 3.05) is 32.8 Å². The van der Waals surface area contributed by atoms with E-state index in [0.29, 0.717) is 23.6 Å². The molecule has 1 aliphatic rings. The Bertz CT molecular complexity index is 1040. The number of ether oxygens (including phenoxy) is 1. The van der Waals surface area contributed by atoms with Crippen molar-refractivity contribution in [2.24, 2.45) is 0 Å². The molecule has 1 fully saturated rings. The van der Waals surface area contributed by atoms with E-state index in [-0.39, 0.29) is 12.5 Å². The molecule has 1 saturated heterocycles. The number of rotatable bonds is 6. The topological polar surface area (TPSA) is 79.3 Å². The number of hydrogen-bond donors (Lipinski definition) is 1. The zero-order chi connectivity index (χ0) is 20.9. The summed E-state index contributed by atoms with van der Waals surface area (Å²) in [6.07, 6.45) is 0. The van der Waals surface area contributed by atoms with Crippen LogP contribution in [0.15, 0.2) is 48.5 Å². The molecule has 0 radical (unpaired) electrons. The van der Waals surface area contributed by atoms with E-state index in [1.165, 1.54) is 5.56 Å². The molecule has 2 aromatic carbocycles. The average Bonchev–Trinajstić information content (AvgIpc) is 3.20. The molecule has 1 aliphatic heterocycles. The van der Waals surface area contributed by atoms with Crippen LogP contribution in [0.4, 0.5) is 0 Å². The highest BCUT2D eigenvalue weighted by atomic mass is 35.5. The van der Waals surface area contributed by atoms with Crippen molar-refractivity contribution in [1.82, 2.24) is 30.0 Å². The lowest BCUT2D eigenvalue weighted by atomic mass is 10.2. The fourth-order valence-electron chi connectivity index (χ4n) is 3.30. The molecular weight excluding hydrogens is 424 g/mol. The number of carbonyl (C=O) groups is 1. The molecule has 1 N–H and O–H groups in total. The highest BCUT2D eigenvalue weighted by Crippen LogP contribution is 2.16. The van der Waals surface area contributed by atoms with Crippen LogP contribution in [0.5, 0.6) is 5.75 Å². The number of carbonyl (C=O) groups excluding carboxylic acids is 1. The Morgan fingerprint density at radius 2 is 1.77 bits per heavy atom. The second-order valence-corrected chi connectivity index (χ2v) is 7.79. The molecule has 0 bridgehead atoms. The van der Waals surface area contributed by atoms with Gasteiger partial charge < -0.3 is 9.64 Å². The largest absolute Gasteiger partial charge is 0.484 e. The molecule has 2 heterocycles. The predicted octanol–water partition coefficient (Wildman–Crippen LogP) is 2.70. The first-order valence-corrected chi connectivity index (χ1v) is 10.3. The number of piperazine rings is 1. The third kappa shape index (κ3) is 5.05. The number of benzene rings is 2. The van der Waals surface area contributed by atoms with Crippen LogP contribution in [0.2, 0.25) is 5.02 Å². The van der Waals surface area contributed by atoms with Crippen molar-refractivity contribution in [2.45, 2.75) is 6.54 Å². The van der Waals surface area contributed by atoms with E-state index in [9.17, 15) is 4.79 Å². The molecular formula is C20H21ClN6O2S. The summed E-state index contributed by atoms with van der Waals surface area (Å²) >= 11 is 11.0. The van der Waals surface area contributed by atoms with Gasteiger partial charge in [-0.05, 0) is 54.2 Å². The van der Waals surface area contributed by atoms with Crippen LogP contribution in [0.25, 0.3) is 5.69 Å². The molecule has 4 rings (SSSR count). The zero-order valence-electron chi connectivity index (χ0n) is 16.2. The third-order valence-corrected chi connectivity index (χ3v) is 5.49. The van der Waals surface area contributed by atoms with Gasteiger partial charge in [0.1, 0.15) is 5.75 Å². The molecule has 1 amide bonds. The summed E-state index contributed by atoms with van der Waals surface area (Å²) in [6.45, 7) is 3.93. The van der Waals surface area contributed by atoms with E-state index in [1.807, 2.05) is 41.3 Å². The van der Waals surface area contributed by atoms with E-state index in [2.05, 4.69) is 20.4 Å². The van der Waals surface area contributed by atoms with E-state index in [4.69, 9.17) is 28.6 Å². The predicted molar refractivity (Wildman–Crippen MR) is 115 cm³/mol. The number of H-pyrrole nitrogens is 1.